The minimum atomic E-state index is -0.646. The second kappa shape index (κ2) is 5.92. The molecule has 0 aliphatic carbocycles. The summed E-state index contributed by atoms with van der Waals surface area (Å²) in [5.41, 5.74) is 4.00. The van der Waals surface area contributed by atoms with Crippen molar-refractivity contribution in [1.29, 1.82) is 0 Å². The molecule has 0 spiro atoms. The lowest BCUT2D eigenvalue weighted by molar-refractivity contribution is 0.0701. The second-order valence-electron chi connectivity index (χ2n) is 4.79. The minimum absolute atomic E-state index is 0.0958. The van der Waals surface area contributed by atoms with Crippen LogP contribution >= 0.6 is 0 Å². The summed E-state index contributed by atoms with van der Waals surface area (Å²) in [5, 5.41) is 18.6. The predicted octanol–water partition coefficient (Wildman–Crippen LogP) is 1.09. The van der Waals surface area contributed by atoms with E-state index >= 15 is 0 Å². The smallest absolute Gasteiger partial charge is 0.293 e. The van der Waals surface area contributed by atoms with Gasteiger partial charge in [-0.15, -0.1) is 0 Å². The first-order valence-corrected chi connectivity index (χ1v) is 6.66. The SMILES string of the molecule is O=C(NO)c1cc2ccn(Cc3cccc(CO)n3)c2cn1. The van der Waals surface area contributed by atoms with Gasteiger partial charge >= 0.3 is 0 Å². The Balaban J connectivity index is 1.93. The Morgan fingerprint density at radius 1 is 1.27 bits per heavy atom. The fourth-order valence-electron chi connectivity index (χ4n) is 2.29. The molecule has 3 aromatic heterocycles. The summed E-state index contributed by atoms with van der Waals surface area (Å²) in [4.78, 5) is 19.7. The third kappa shape index (κ3) is 2.67. The van der Waals surface area contributed by atoms with E-state index in [1.807, 2.05) is 29.0 Å². The molecule has 3 N–H and O–H groups in total. The molecule has 0 aliphatic heterocycles. The van der Waals surface area contributed by atoms with Gasteiger partial charge in [0, 0.05) is 11.6 Å². The Kier molecular flexibility index (Phi) is 3.82. The molecule has 22 heavy (non-hydrogen) atoms. The first-order valence-electron chi connectivity index (χ1n) is 6.66. The summed E-state index contributed by atoms with van der Waals surface area (Å²) in [6, 6.07) is 8.96. The Hall–Kier alpha value is -2.77. The zero-order valence-corrected chi connectivity index (χ0v) is 11.6. The Morgan fingerprint density at radius 2 is 2.09 bits per heavy atom. The van der Waals surface area contributed by atoms with Crippen LogP contribution in [-0.2, 0) is 13.2 Å². The highest BCUT2D eigenvalue weighted by Gasteiger charge is 2.09. The average molecular weight is 298 g/mol. The molecular formula is C15H14N4O3. The highest BCUT2D eigenvalue weighted by Crippen LogP contribution is 2.17. The Morgan fingerprint density at radius 3 is 2.86 bits per heavy atom. The molecule has 3 rings (SSSR count). The number of nitrogens with zero attached hydrogens (tertiary/aromatic N) is 3. The zero-order valence-electron chi connectivity index (χ0n) is 11.6. The van der Waals surface area contributed by atoms with E-state index < -0.39 is 5.91 Å². The van der Waals surface area contributed by atoms with Crippen molar-refractivity contribution in [1.82, 2.24) is 20.0 Å². The number of pyridine rings is 2. The molecule has 0 radical (unpaired) electrons. The lowest BCUT2D eigenvalue weighted by Crippen LogP contribution is -2.19. The fraction of sp³-hybridized carbons (Fsp3) is 0.133. The van der Waals surface area contributed by atoms with Crippen molar-refractivity contribution in [2.75, 3.05) is 0 Å². The standard InChI is InChI=1S/C15H14N4O3/c20-9-12-3-1-2-11(17-12)8-19-5-4-10-6-13(15(21)18-22)16-7-14(10)19/h1-7,20,22H,8-9H2,(H,18,21). The number of aliphatic hydroxyl groups is 1. The number of carbonyl (C=O) groups is 1. The van der Waals surface area contributed by atoms with E-state index in [-0.39, 0.29) is 12.3 Å². The lowest BCUT2D eigenvalue weighted by Gasteiger charge is -2.06. The molecule has 0 saturated carbocycles. The Labute approximate surface area is 125 Å². The van der Waals surface area contributed by atoms with Crippen LogP contribution in [0.5, 0.6) is 0 Å². The monoisotopic (exact) mass is 298 g/mol. The average Bonchev–Trinajstić information content (AvgIpc) is 2.96. The lowest BCUT2D eigenvalue weighted by atomic mass is 10.2. The quantitative estimate of drug-likeness (QED) is 0.494. The molecule has 3 heterocycles. The van der Waals surface area contributed by atoms with E-state index in [2.05, 4.69) is 9.97 Å². The van der Waals surface area contributed by atoms with Crippen molar-refractivity contribution in [2.24, 2.45) is 0 Å². The molecule has 0 bridgehead atoms. The van der Waals surface area contributed by atoms with Crippen LogP contribution in [0.2, 0.25) is 0 Å². The maximum Gasteiger partial charge on any atom is 0.293 e. The molecule has 3 aromatic rings. The van der Waals surface area contributed by atoms with Crippen LogP contribution < -0.4 is 5.48 Å². The van der Waals surface area contributed by atoms with Gasteiger partial charge in [-0.25, -0.2) is 10.5 Å². The second-order valence-corrected chi connectivity index (χ2v) is 4.79. The predicted molar refractivity (Wildman–Crippen MR) is 78.2 cm³/mol. The summed E-state index contributed by atoms with van der Waals surface area (Å²) in [5.74, 6) is -0.646. The number of fused-ring (bicyclic) bond motifs is 1. The molecule has 7 heteroatoms. The van der Waals surface area contributed by atoms with E-state index in [9.17, 15) is 4.79 Å². The molecule has 7 nitrogen and oxygen atoms in total. The summed E-state index contributed by atoms with van der Waals surface area (Å²) in [7, 11) is 0. The number of hydroxylamine groups is 1. The molecule has 1 amide bonds. The topological polar surface area (TPSA) is 100 Å². The van der Waals surface area contributed by atoms with Gasteiger partial charge in [0.2, 0.25) is 0 Å². The van der Waals surface area contributed by atoms with Gasteiger partial charge in [0.1, 0.15) is 5.69 Å². The number of carbonyl (C=O) groups excluding carboxylic acids is 1. The van der Waals surface area contributed by atoms with Crippen LogP contribution in [0.1, 0.15) is 21.9 Å². The summed E-state index contributed by atoms with van der Waals surface area (Å²) < 4.78 is 1.95. The highest BCUT2D eigenvalue weighted by molar-refractivity contribution is 5.95. The molecule has 0 atom stereocenters. The maximum absolute atomic E-state index is 11.4. The van der Waals surface area contributed by atoms with Crippen LogP contribution in [0, 0.1) is 0 Å². The van der Waals surface area contributed by atoms with E-state index in [1.165, 1.54) is 0 Å². The highest BCUT2D eigenvalue weighted by atomic mass is 16.5. The molecule has 0 aliphatic rings. The van der Waals surface area contributed by atoms with E-state index in [0.29, 0.717) is 12.2 Å². The first kappa shape index (κ1) is 14.2. The van der Waals surface area contributed by atoms with Gasteiger partial charge in [0.25, 0.3) is 5.91 Å². The zero-order chi connectivity index (χ0) is 15.5. The van der Waals surface area contributed by atoms with Crippen LogP contribution in [0.15, 0.2) is 42.7 Å². The van der Waals surface area contributed by atoms with Crippen LogP contribution in [0.3, 0.4) is 0 Å². The molecule has 0 saturated heterocycles. The van der Waals surface area contributed by atoms with Gasteiger partial charge in [-0.2, -0.15) is 0 Å². The fourth-order valence-corrected chi connectivity index (χ4v) is 2.29. The summed E-state index contributed by atoms with van der Waals surface area (Å²) >= 11 is 0. The van der Waals surface area contributed by atoms with E-state index in [1.54, 1.807) is 23.8 Å². The normalized spacial score (nSPS) is 10.8. The Bertz CT molecular complexity index is 829. The number of aliphatic hydroxyl groups excluding tert-OH is 1. The largest absolute Gasteiger partial charge is 0.390 e. The number of aromatic nitrogens is 3. The molecule has 0 unspecified atom stereocenters. The van der Waals surface area contributed by atoms with Crippen molar-refractivity contribution in [3.05, 3.63) is 59.8 Å². The maximum atomic E-state index is 11.4. The molecule has 112 valence electrons. The molecule has 0 fully saturated rings. The van der Waals surface area contributed by atoms with Gasteiger partial charge in [-0.05, 0) is 24.3 Å². The summed E-state index contributed by atoms with van der Waals surface area (Å²) in [6.07, 6.45) is 3.45. The number of nitrogens with one attached hydrogen (secondary N) is 1. The van der Waals surface area contributed by atoms with Crippen molar-refractivity contribution in [3.8, 4) is 0 Å². The van der Waals surface area contributed by atoms with E-state index in [4.69, 9.17) is 10.3 Å². The van der Waals surface area contributed by atoms with Crippen molar-refractivity contribution in [3.63, 3.8) is 0 Å². The number of rotatable bonds is 4. The van der Waals surface area contributed by atoms with Gasteiger partial charge < -0.3 is 9.67 Å². The third-order valence-electron chi connectivity index (χ3n) is 3.35. The van der Waals surface area contributed by atoms with Crippen LogP contribution in [-0.4, -0.2) is 30.8 Å². The first-order chi connectivity index (χ1) is 10.7. The van der Waals surface area contributed by atoms with Gasteiger partial charge in [0.15, 0.2) is 0 Å². The van der Waals surface area contributed by atoms with Crippen molar-refractivity contribution >= 4 is 16.8 Å². The number of hydrogen-bond donors (Lipinski definition) is 3. The van der Waals surface area contributed by atoms with Crippen molar-refractivity contribution < 1.29 is 15.1 Å². The van der Waals surface area contributed by atoms with Crippen molar-refractivity contribution in [2.45, 2.75) is 13.2 Å². The van der Waals surface area contributed by atoms with Gasteiger partial charge in [-0.1, -0.05) is 6.07 Å². The molecule has 0 aromatic carbocycles. The van der Waals surface area contributed by atoms with Crippen LogP contribution in [0.4, 0.5) is 0 Å². The van der Waals surface area contributed by atoms with Gasteiger partial charge in [0.05, 0.1) is 36.3 Å². The van der Waals surface area contributed by atoms with Gasteiger partial charge in [-0.3, -0.25) is 15.0 Å². The molecular weight excluding hydrogens is 284 g/mol. The summed E-state index contributed by atoms with van der Waals surface area (Å²) in [6.45, 7) is 0.437. The van der Waals surface area contributed by atoms with E-state index in [0.717, 1.165) is 16.6 Å². The number of hydrogen-bond acceptors (Lipinski definition) is 5. The number of amides is 1. The third-order valence-corrected chi connectivity index (χ3v) is 3.35. The minimum Gasteiger partial charge on any atom is -0.390 e. The van der Waals surface area contributed by atoms with Crippen LogP contribution in [0.25, 0.3) is 10.9 Å².